The summed E-state index contributed by atoms with van der Waals surface area (Å²) >= 11 is 3.63. The fraction of sp³-hybridized carbons (Fsp3) is 0.111. The molecule has 3 aromatic carbocycles. The van der Waals surface area contributed by atoms with Gasteiger partial charge in [-0.3, -0.25) is 0 Å². The topological polar surface area (TPSA) is 35.2 Å². The molecule has 0 radical (unpaired) electrons. The minimum absolute atomic E-state index is 0.0338. The summed E-state index contributed by atoms with van der Waals surface area (Å²) < 4.78 is 6.93. The molecule has 0 saturated heterocycles. The molecule has 3 aromatic rings. The molecule has 0 aliphatic heterocycles. The number of nitrogens with two attached hydrogens (primary N) is 1. The van der Waals surface area contributed by atoms with Crippen molar-refractivity contribution in [1.82, 2.24) is 0 Å². The van der Waals surface area contributed by atoms with E-state index in [2.05, 4.69) is 34.1 Å². The SMILES string of the molecule is C[C@H](N)c1ccc(Oc2ccc3ccccc3c2Br)cc1. The van der Waals surface area contributed by atoms with E-state index in [-0.39, 0.29) is 6.04 Å². The maximum absolute atomic E-state index is 5.96. The average molecular weight is 342 g/mol. The van der Waals surface area contributed by atoms with Crippen molar-refractivity contribution >= 4 is 26.7 Å². The van der Waals surface area contributed by atoms with Gasteiger partial charge in [0.2, 0.25) is 0 Å². The van der Waals surface area contributed by atoms with Gasteiger partial charge in [-0.15, -0.1) is 0 Å². The van der Waals surface area contributed by atoms with Gasteiger partial charge in [-0.25, -0.2) is 0 Å². The van der Waals surface area contributed by atoms with Crippen molar-refractivity contribution in [3.63, 3.8) is 0 Å². The maximum Gasteiger partial charge on any atom is 0.142 e. The van der Waals surface area contributed by atoms with Gasteiger partial charge in [0, 0.05) is 6.04 Å². The number of hydrogen-bond acceptors (Lipinski definition) is 2. The Balaban J connectivity index is 1.92. The van der Waals surface area contributed by atoms with Gasteiger partial charge in [-0.2, -0.15) is 0 Å². The summed E-state index contributed by atoms with van der Waals surface area (Å²) in [7, 11) is 0. The number of ether oxygens (including phenoxy) is 1. The van der Waals surface area contributed by atoms with Gasteiger partial charge < -0.3 is 10.5 Å². The van der Waals surface area contributed by atoms with Gasteiger partial charge in [-0.05, 0) is 57.4 Å². The van der Waals surface area contributed by atoms with Crippen LogP contribution in [-0.4, -0.2) is 0 Å². The second-order valence-electron chi connectivity index (χ2n) is 5.06. The van der Waals surface area contributed by atoms with E-state index in [0.29, 0.717) is 0 Å². The number of fused-ring (bicyclic) bond motifs is 1. The van der Waals surface area contributed by atoms with Gasteiger partial charge in [-0.1, -0.05) is 42.5 Å². The molecule has 2 nitrogen and oxygen atoms in total. The van der Waals surface area contributed by atoms with Crippen molar-refractivity contribution in [3.05, 3.63) is 70.7 Å². The Hall–Kier alpha value is -1.84. The molecule has 0 aliphatic rings. The fourth-order valence-corrected chi connectivity index (χ4v) is 2.83. The summed E-state index contributed by atoms with van der Waals surface area (Å²) in [6.07, 6.45) is 0. The van der Waals surface area contributed by atoms with E-state index >= 15 is 0 Å². The standard InChI is InChI=1S/C18H16BrNO/c1-12(20)13-6-9-15(10-7-13)21-17-11-8-14-4-2-3-5-16(14)18(17)19/h2-12H,20H2,1H3/t12-/m0/s1. The van der Waals surface area contributed by atoms with Crippen molar-refractivity contribution < 1.29 is 4.74 Å². The number of benzene rings is 3. The minimum Gasteiger partial charge on any atom is -0.456 e. The third-order valence-electron chi connectivity index (χ3n) is 3.46. The fourth-order valence-electron chi connectivity index (χ4n) is 2.26. The molecule has 0 fully saturated rings. The predicted molar refractivity (Wildman–Crippen MR) is 90.8 cm³/mol. The van der Waals surface area contributed by atoms with E-state index in [4.69, 9.17) is 10.5 Å². The summed E-state index contributed by atoms with van der Waals surface area (Å²) in [4.78, 5) is 0. The molecule has 21 heavy (non-hydrogen) atoms. The average Bonchev–Trinajstić information content (AvgIpc) is 2.51. The summed E-state index contributed by atoms with van der Waals surface area (Å²) in [5.41, 5.74) is 6.95. The molecule has 0 aliphatic carbocycles. The van der Waals surface area contributed by atoms with Crippen LogP contribution in [0.1, 0.15) is 18.5 Å². The Bertz CT molecular complexity index is 766. The lowest BCUT2D eigenvalue weighted by Crippen LogP contribution is -2.04. The molecule has 1 atom stereocenters. The van der Waals surface area contributed by atoms with Crippen LogP contribution in [0.4, 0.5) is 0 Å². The van der Waals surface area contributed by atoms with Crippen LogP contribution in [0, 0.1) is 0 Å². The third-order valence-corrected chi connectivity index (χ3v) is 4.28. The van der Waals surface area contributed by atoms with Crippen molar-refractivity contribution in [2.24, 2.45) is 5.73 Å². The second-order valence-corrected chi connectivity index (χ2v) is 5.85. The quantitative estimate of drug-likeness (QED) is 0.690. The molecule has 106 valence electrons. The van der Waals surface area contributed by atoms with Gasteiger partial charge in [0.05, 0.1) is 4.47 Å². The Morgan fingerprint density at radius 2 is 1.67 bits per heavy atom. The number of hydrogen-bond donors (Lipinski definition) is 1. The maximum atomic E-state index is 5.96. The van der Waals surface area contributed by atoms with Crippen LogP contribution in [0.2, 0.25) is 0 Å². The monoisotopic (exact) mass is 341 g/mol. The molecular weight excluding hydrogens is 326 g/mol. The second kappa shape index (κ2) is 5.88. The van der Waals surface area contributed by atoms with Crippen molar-refractivity contribution in [2.45, 2.75) is 13.0 Å². The summed E-state index contributed by atoms with van der Waals surface area (Å²) in [6, 6.07) is 20.2. The first-order valence-corrected chi connectivity index (χ1v) is 7.65. The first kappa shape index (κ1) is 14.1. The lowest BCUT2D eigenvalue weighted by molar-refractivity contribution is 0.480. The zero-order valence-corrected chi connectivity index (χ0v) is 13.3. The summed E-state index contributed by atoms with van der Waals surface area (Å²) in [5, 5.41) is 2.33. The van der Waals surface area contributed by atoms with E-state index in [1.165, 1.54) is 5.39 Å². The van der Waals surface area contributed by atoms with Crippen LogP contribution in [0.15, 0.2) is 65.1 Å². The molecule has 0 unspecified atom stereocenters. The predicted octanol–water partition coefficient (Wildman–Crippen LogP) is 5.41. The zero-order valence-electron chi connectivity index (χ0n) is 11.7. The third kappa shape index (κ3) is 2.94. The normalized spacial score (nSPS) is 12.3. The Morgan fingerprint density at radius 3 is 2.38 bits per heavy atom. The molecule has 0 saturated carbocycles. The Kier molecular flexibility index (Phi) is 3.95. The largest absolute Gasteiger partial charge is 0.456 e. The van der Waals surface area contributed by atoms with Crippen LogP contribution >= 0.6 is 15.9 Å². The molecule has 0 spiro atoms. The molecule has 2 N–H and O–H groups in total. The molecule has 0 bridgehead atoms. The van der Waals surface area contributed by atoms with E-state index in [0.717, 1.165) is 26.9 Å². The van der Waals surface area contributed by atoms with E-state index < -0.39 is 0 Å². The number of halogens is 1. The van der Waals surface area contributed by atoms with Gasteiger partial charge in [0.15, 0.2) is 0 Å². The van der Waals surface area contributed by atoms with Gasteiger partial charge in [0.1, 0.15) is 11.5 Å². The Labute approximate surface area is 132 Å². The first-order valence-electron chi connectivity index (χ1n) is 6.86. The van der Waals surface area contributed by atoms with Gasteiger partial charge >= 0.3 is 0 Å². The van der Waals surface area contributed by atoms with Crippen LogP contribution < -0.4 is 10.5 Å². The highest BCUT2D eigenvalue weighted by atomic mass is 79.9. The molecule has 3 heteroatoms. The van der Waals surface area contributed by atoms with Crippen LogP contribution in [-0.2, 0) is 0 Å². The lowest BCUT2D eigenvalue weighted by Gasteiger charge is -2.11. The van der Waals surface area contributed by atoms with Crippen molar-refractivity contribution in [2.75, 3.05) is 0 Å². The van der Waals surface area contributed by atoms with Crippen LogP contribution in [0.3, 0.4) is 0 Å². The molecule has 3 rings (SSSR count). The van der Waals surface area contributed by atoms with Gasteiger partial charge in [0.25, 0.3) is 0 Å². The molecule has 0 aromatic heterocycles. The van der Waals surface area contributed by atoms with Crippen molar-refractivity contribution in [1.29, 1.82) is 0 Å². The van der Waals surface area contributed by atoms with Crippen LogP contribution in [0.25, 0.3) is 10.8 Å². The first-order chi connectivity index (χ1) is 10.1. The Morgan fingerprint density at radius 1 is 0.952 bits per heavy atom. The van der Waals surface area contributed by atoms with Crippen molar-refractivity contribution in [3.8, 4) is 11.5 Å². The highest BCUT2D eigenvalue weighted by Gasteiger charge is 2.07. The van der Waals surface area contributed by atoms with E-state index in [9.17, 15) is 0 Å². The van der Waals surface area contributed by atoms with Crippen LogP contribution in [0.5, 0.6) is 11.5 Å². The smallest absolute Gasteiger partial charge is 0.142 e. The van der Waals surface area contributed by atoms with E-state index in [1.807, 2.05) is 49.4 Å². The molecule has 0 amide bonds. The minimum atomic E-state index is 0.0338. The zero-order chi connectivity index (χ0) is 14.8. The molecule has 0 heterocycles. The highest BCUT2D eigenvalue weighted by molar-refractivity contribution is 9.10. The number of rotatable bonds is 3. The molecular formula is C18H16BrNO. The highest BCUT2D eigenvalue weighted by Crippen LogP contribution is 2.35. The summed E-state index contributed by atoms with van der Waals surface area (Å²) in [6.45, 7) is 1.97. The van der Waals surface area contributed by atoms with E-state index in [1.54, 1.807) is 0 Å². The summed E-state index contributed by atoms with van der Waals surface area (Å²) in [5.74, 6) is 1.61. The lowest BCUT2D eigenvalue weighted by atomic mass is 10.1.